The SMILES string of the molecule is CC(OC(=O)Nc1c(N)nsc1C#Cc1nc2oc(C3(C(=O)O)CC3)nc2o1)c1ccccc1Cl. The molecule has 1 fully saturated rings. The van der Waals surface area contributed by atoms with Gasteiger partial charge < -0.3 is 24.4 Å². The van der Waals surface area contributed by atoms with Crippen LogP contribution in [0.3, 0.4) is 0 Å². The molecule has 0 bridgehead atoms. The average molecular weight is 514 g/mol. The van der Waals surface area contributed by atoms with Gasteiger partial charge in [-0.05, 0) is 49.2 Å². The van der Waals surface area contributed by atoms with Gasteiger partial charge in [-0.2, -0.15) is 14.3 Å². The van der Waals surface area contributed by atoms with E-state index in [9.17, 15) is 14.7 Å². The zero-order chi connectivity index (χ0) is 24.7. The van der Waals surface area contributed by atoms with Crippen LogP contribution >= 0.6 is 23.1 Å². The highest BCUT2D eigenvalue weighted by atomic mass is 35.5. The van der Waals surface area contributed by atoms with Crippen LogP contribution in [0.15, 0.2) is 33.1 Å². The molecule has 0 radical (unpaired) electrons. The lowest BCUT2D eigenvalue weighted by Gasteiger charge is -2.15. The molecule has 0 spiro atoms. The fourth-order valence-corrected chi connectivity index (χ4v) is 4.24. The van der Waals surface area contributed by atoms with Gasteiger partial charge in [-0.25, -0.2) is 4.79 Å². The van der Waals surface area contributed by atoms with Gasteiger partial charge in [0.2, 0.25) is 5.89 Å². The molecule has 1 aliphatic rings. The highest BCUT2D eigenvalue weighted by molar-refractivity contribution is 7.07. The lowest BCUT2D eigenvalue weighted by atomic mass is 10.1. The Bertz CT molecular complexity index is 1490. The van der Waals surface area contributed by atoms with Gasteiger partial charge in [0, 0.05) is 10.6 Å². The number of rotatable bonds is 5. The van der Waals surface area contributed by atoms with E-state index in [1.54, 1.807) is 31.2 Å². The van der Waals surface area contributed by atoms with Crippen LogP contribution in [0.5, 0.6) is 0 Å². The molecular weight excluding hydrogens is 498 g/mol. The lowest BCUT2D eigenvalue weighted by Crippen LogP contribution is -2.19. The first-order valence-corrected chi connectivity index (χ1v) is 11.4. The van der Waals surface area contributed by atoms with Crippen molar-refractivity contribution in [1.82, 2.24) is 14.3 Å². The van der Waals surface area contributed by atoms with Crippen LogP contribution in [0.1, 0.15) is 48.1 Å². The van der Waals surface area contributed by atoms with Gasteiger partial charge >= 0.3 is 12.1 Å². The van der Waals surface area contributed by atoms with E-state index in [-0.39, 0.29) is 34.7 Å². The van der Waals surface area contributed by atoms with Crippen molar-refractivity contribution in [1.29, 1.82) is 0 Å². The van der Waals surface area contributed by atoms with E-state index >= 15 is 0 Å². The van der Waals surface area contributed by atoms with Crippen molar-refractivity contribution in [2.45, 2.75) is 31.3 Å². The summed E-state index contributed by atoms with van der Waals surface area (Å²) in [5.74, 6) is 4.62. The number of carbonyl (C=O) groups excluding carboxylic acids is 1. The molecule has 1 aliphatic carbocycles. The monoisotopic (exact) mass is 513 g/mol. The topological polar surface area (TPSA) is 167 Å². The van der Waals surface area contributed by atoms with Gasteiger partial charge in [0.25, 0.3) is 17.3 Å². The molecule has 3 aromatic heterocycles. The van der Waals surface area contributed by atoms with Gasteiger partial charge in [-0.3, -0.25) is 10.1 Å². The smallest absolute Gasteiger partial charge is 0.412 e. The lowest BCUT2D eigenvalue weighted by molar-refractivity contribution is -0.140. The summed E-state index contributed by atoms with van der Waals surface area (Å²) in [7, 11) is 0. The minimum atomic E-state index is -1.10. The van der Waals surface area contributed by atoms with E-state index in [2.05, 4.69) is 31.5 Å². The maximum absolute atomic E-state index is 12.4. The number of carboxylic acid groups (broad SMARTS) is 1. The number of nitrogens with zero attached hydrogens (tertiary/aromatic N) is 3. The quantitative estimate of drug-likeness (QED) is 0.326. The number of hydrogen-bond acceptors (Lipinski definition) is 10. The molecule has 13 heteroatoms. The van der Waals surface area contributed by atoms with Gasteiger partial charge in [0.15, 0.2) is 5.82 Å². The number of aromatic nitrogens is 3. The number of fused-ring (bicyclic) bond motifs is 1. The molecule has 1 amide bonds. The van der Waals surface area contributed by atoms with Gasteiger partial charge in [-0.15, -0.1) is 0 Å². The molecule has 4 N–H and O–H groups in total. The summed E-state index contributed by atoms with van der Waals surface area (Å²) in [4.78, 5) is 32.4. The number of hydrogen-bond donors (Lipinski definition) is 3. The highest BCUT2D eigenvalue weighted by Gasteiger charge is 2.56. The molecule has 178 valence electrons. The number of aliphatic carboxylic acids is 1. The molecule has 1 saturated carbocycles. The number of carboxylic acids is 1. The third-order valence-corrected chi connectivity index (χ3v) is 6.52. The molecular formula is C22H16ClN5O6S. The number of ether oxygens (including phenoxy) is 1. The molecule has 0 aliphatic heterocycles. The fourth-order valence-electron chi connectivity index (χ4n) is 3.32. The van der Waals surface area contributed by atoms with Crippen LogP contribution < -0.4 is 11.1 Å². The Balaban J connectivity index is 1.30. The Morgan fingerprint density at radius 1 is 1.26 bits per heavy atom. The maximum atomic E-state index is 12.4. The number of halogens is 1. The average Bonchev–Trinajstić information content (AvgIpc) is 3.25. The molecule has 1 unspecified atom stereocenters. The second kappa shape index (κ2) is 8.61. The number of nitrogens with one attached hydrogen (secondary N) is 1. The van der Waals surface area contributed by atoms with Gasteiger partial charge in [0.1, 0.15) is 22.1 Å². The Labute approximate surface area is 206 Å². The van der Waals surface area contributed by atoms with Crippen molar-refractivity contribution >= 4 is 58.1 Å². The normalized spacial score (nSPS) is 14.7. The summed E-state index contributed by atoms with van der Waals surface area (Å²) in [5, 5.41) is 12.4. The number of nitrogen functional groups attached to an aromatic ring is 1. The number of oxazole rings is 2. The van der Waals surface area contributed by atoms with Crippen LogP contribution in [0, 0.1) is 11.8 Å². The molecule has 0 saturated heterocycles. The minimum Gasteiger partial charge on any atom is -0.480 e. The number of nitrogens with two attached hydrogens (primary N) is 1. The minimum absolute atomic E-state index is 0.00851. The Hall–Kier alpha value is -4.08. The number of amides is 1. The third kappa shape index (κ3) is 4.27. The van der Waals surface area contributed by atoms with Crippen molar-refractivity contribution in [2.24, 2.45) is 0 Å². The summed E-state index contributed by atoms with van der Waals surface area (Å²) in [6, 6.07) is 7.03. The van der Waals surface area contributed by atoms with Crippen molar-refractivity contribution in [3.8, 4) is 11.8 Å². The first-order valence-electron chi connectivity index (χ1n) is 10.3. The van der Waals surface area contributed by atoms with E-state index < -0.39 is 23.6 Å². The summed E-state index contributed by atoms with van der Waals surface area (Å²) in [5.41, 5.74) is 5.73. The second-order valence-corrected chi connectivity index (χ2v) is 8.93. The van der Waals surface area contributed by atoms with Gasteiger partial charge in [-0.1, -0.05) is 29.8 Å². The fraction of sp³-hybridized carbons (Fsp3) is 0.227. The molecule has 11 nitrogen and oxygen atoms in total. The van der Waals surface area contributed by atoms with E-state index in [4.69, 9.17) is 30.9 Å². The molecule has 4 aromatic rings. The van der Waals surface area contributed by atoms with E-state index in [1.807, 2.05) is 0 Å². The Kier molecular flexibility index (Phi) is 5.58. The summed E-state index contributed by atoms with van der Waals surface area (Å²) >= 11 is 7.12. The van der Waals surface area contributed by atoms with Crippen LogP contribution in [0.25, 0.3) is 11.4 Å². The number of anilines is 2. The predicted octanol–water partition coefficient (Wildman–Crippen LogP) is 4.33. The first kappa shape index (κ1) is 22.7. The summed E-state index contributed by atoms with van der Waals surface area (Å²) < 4.78 is 20.3. The standard InChI is InChI=1S/C22H16ClN5O6S/c1-10(11-4-2-3-5-12(11)23)32-21(31)26-15-13(35-28-16(15)24)6-7-14-25-17-18(33-14)27-19(34-17)22(8-9-22)20(29)30/h2-5,10H,8-9H2,1H3,(H2,24,28)(H,26,31)(H,29,30). The Morgan fingerprint density at radius 2 is 2.00 bits per heavy atom. The molecule has 5 rings (SSSR count). The zero-order valence-corrected chi connectivity index (χ0v) is 19.6. The molecule has 3 heterocycles. The van der Waals surface area contributed by atoms with Crippen molar-refractivity contribution in [2.75, 3.05) is 11.1 Å². The van der Waals surface area contributed by atoms with E-state index in [0.29, 0.717) is 28.3 Å². The Morgan fingerprint density at radius 3 is 2.69 bits per heavy atom. The summed E-state index contributed by atoms with van der Waals surface area (Å²) in [6.45, 7) is 1.69. The van der Waals surface area contributed by atoms with Crippen LogP contribution in [0.2, 0.25) is 5.02 Å². The van der Waals surface area contributed by atoms with Gasteiger partial charge in [0.05, 0.1) is 0 Å². The summed E-state index contributed by atoms with van der Waals surface area (Å²) in [6.07, 6.45) is -0.479. The second-order valence-electron chi connectivity index (χ2n) is 7.75. The van der Waals surface area contributed by atoms with E-state index in [1.165, 1.54) is 0 Å². The van der Waals surface area contributed by atoms with Crippen LogP contribution in [-0.4, -0.2) is 31.5 Å². The third-order valence-electron chi connectivity index (χ3n) is 5.40. The molecule has 35 heavy (non-hydrogen) atoms. The molecule has 1 atom stereocenters. The number of carbonyl (C=O) groups is 2. The van der Waals surface area contributed by atoms with Crippen LogP contribution in [0.4, 0.5) is 16.3 Å². The number of benzene rings is 1. The first-order chi connectivity index (χ1) is 16.8. The van der Waals surface area contributed by atoms with Crippen molar-refractivity contribution < 1.29 is 28.3 Å². The predicted molar refractivity (Wildman–Crippen MR) is 125 cm³/mol. The van der Waals surface area contributed by atoms with Crippen molar-refractivity contribution in [3.05, 3.63) is 51.5 Å². The largest absolute Gasteiger partial charge is 0.480 e. The zero-order valence-electron chi connectivity index (χ0n) is 18.0. The maximum Gasteiger partial charge on any atom is 0.412 e. The van der Waals surface area contributed by atoms with Crippen LogP contribution in [-0.2, 0) is 14.9 Å². The van der Waals surface area contributed by atoms with Crippen molar-refractivity contribution in [3.63, 3.8) is 0 Å². The van der Waals surface area contributed by atoms with E-state index in [0.717, 1.165) is 11.5 Å². The highest BCUT2D eigenvalue weighted by Crippen LogP contribution is 2.48. The molecule has 1 aromatic carbocycles.